The first-order chi connectivity index (χ1) is 6.16. The second-order valence-electron chi connectivity index (χ2n) is 3.38. The highest BCUT2D eigenvalue weighted by atomic mass is 16.5. The predicted molar refractivity (Wildman–Crippen MR) is 54.5 cm³/mol. The van der Waals surface area contributed by atoms with Crippen LogP contribution in [0.5, 0.6) is 0 Å². The van der Waals surface area contributed by atoms with Gasteiger partial charge in [-0.2, -0.15) is 0 Å². The lowest BCUT2D eigenvalue weighted by Gasteiger charge is -2.03. The van der Waals surface area contributed by atoms with Crippen LogP contribution < -0.4 is 0 Å². The van der Waals surface area contributed by atoms with Crippen molar-refractivity contribution in [1.29, 1.82) is 0 Å². The van der Waals surface area contributed by atoms with Gasteiger partial charge in [0.1, 0.15) is 0 Å². The topological polar surface area (TPSA) is 26.3 Å². The molecule has 0 aliphatic carbocycles. The molecule has 2 heteroatoms. The largest absolute Gasteiger partial charge is 0.466 e. The van der Waals surface area contributed by atoms with Crippen molar-refractivity contribution in [1.82, 2.24) is 0 Å². The lowest BCUT2D eigenvalue weighted by molar-refractivity contribution is -0.143. The molecule has 0 aromatic rings. The molecule has 0 spiro atoms. The molecule has 0 aromatic heterocycles. The lowest BCUT2D eigenvalue weighted by Crippen LogP contribution is -2.05. The minimum Gasteiger partial charge on any atom is -0.466 e. The summed E-state index contributed by atoms with van der Waals surface area (Å²) >= 11 is 0. The predicted octanol–water partition coefficient (Wildman–Crippen LogP) is 3.08. The molecule has 0 bridgehead atoms. The summed E-state index contributed by atoms with van der Waals surface area (Å²) in [6.07, 6.45) is 4.49. The van der Waals surface area contributed by atoms with E-state index in [2.05, 4.69) is 13.5 Å². The van der Waals surface area contributed by atoms with Gasteiger partial charge in [0.15, 0.2) is 0 Å². The number of esters is 1. The molecule has 0 saturated heterocycles. The summed E-state index contributed by atoms with van der Waals surface area (Å²) in [4.78, 5) is 11.0. The Morgan fingerprint density at radius 3 is 2.54 bits per heavy atom. The van der Waals surface area contributed by atoms with Crippen molar-refractivity contribution in [2.45, 2.75) is 46.0 Å². The molecular formula is C11H20O2. The van der Waals surface area contributed by atoms with Gasteiger partial charge in [0.2, 0.25) is 0 Å². The first kappa shape index (κ1) is 12.2. The molecule has 0 saturated carbocycles. The highest BCUT2D eigenvalue weighted by molar-refractivity contribution is 5.69. The van der Waals surface area contributed by atoms with Crippen molar-refractivity contribution in [3.05, 3.63) is 12.2 Å². The number of allylic oxidation sites excluding steroid dienone is 1. The Bertz CT molecular complexity index is 161. The van der Waals surface area contributed by atoms with Gasteiger partial charge in [0, 0.05) is 6.42 Å². The van der Waals surface area contributed by atoms with Crippen LogP contribution in [-0.2, 0) is 9.53 Å². The van der Waals surface area contributed by atoms with Crippen LogP contribution in [0.2, 0.25) is 0 Å². The fraction of sp³-hybridized carbons (Fsp3) is 0.727. The third kappa shape index (κ3) is 9.12. The van der Waals surface area contributed by atoms with Gasteiger partial charge < -0.3 is 4.74 Å². The fourth-order valence-corrected chi connectivity index (χ4v) is 0.926. The molecule has 0 aromatic carbocycles. The smallest absolute Gasteiger partial charge is 0.306 e. The van der Waals surface area contributed by atoms with E-state index in [1.165, 1.54) is 0 Å². The van der Waals surface area contributed by atoms with Crippen LogP contribution in [0.1, 0.15) is 46.0 Å². The van der Waals surface area contributed by atoms with Crippen molar-refractivity contribution in [2.24, 2.45) is 0 Å². The van der Waals surface area contributed by atoms with E-state index in [1.54, 1.807) is 0 Å². The van der Waals surface area contributed by atoms with Crippen LogP contribution in [0.4, 0.5) is 0 Å². The van der Waals surface area contributed by atoms with Gasteiger partial charge in [-0.05, 0) is 19.8 Å². The molecule has 0 N–H and O–H groups in total. The normalized spacial score (nSPS) is 9.69. The van der Waals surface area contributed by atoms with E-state index in [-0.39, 0.29) is 5.97 Å². The minimum absolute atomic E-state index is 0.0981. The number of unbranched alkanes of at least 4 members (excludes halogenated alkanes) is 2. The molecule has 13 heavy (non-hydrogen) atoms. The third-order valence-electron chi connectivity index (χ3n) is 1.77. The maximum Gasteiger partial charge on any atom is 0.306 e. The Labute approximate surface area is 81.0 Å². The first-order valence-corrected chi connectivity index (χ1v) is 4.96. The van der Waals surface area contributed by atoms with Gasteiger partial charge in [-0.25, -0.2) is 0 Å². The molecule has 0 rings (SSSR count). The minimum atomic E-state index is -0.0981. The number of ether oxygens (including phenoxy) is 1. The molecule has 0 atom stereocenters. The number of carbonyl (C=O) groups excluding carboxylic acids is 1. The molecule has 0 amide bonds. The standard InChI is InChI=1S/C11H20O2/c1-4-5-6-9-13-11(12)8-7-10(2)3/h2,4-9H2,1,3H3. The van der Waals surface area contributed by atoms with E-state index in [9.17, 15) is 4.79 Å². The average Bonchev–Trinajstić information content (AvgIpc) is 2.09. The molecule has 0 radical (unpaired) electrons. The summed E-state index contributed by atoms with van der Waals surface area (Å²) in [5, 5.41) is 0. The number of hydrogen-bond acceptors (Lipinski definition) is 2. The molecular weight excluding hydrogens is 164 g/mol. The van der Waals surface area contributed by atoms with Gasteiger partial charge in [-0.3, -0.25) is 4.79 Å². The van der Waals surface area contributed by atoms with E-state index >= 15 is 0 Å². The maximum atomic E-state index is 11.0. The van der Waals surface area contributed by atoms with Crippen LogP contribution in [-0.4, -0.2) is 12.6 Å². The molecule has 0 fully saturated rings. The summed E-state index contributed by atoms with van der Waals surface area (Å²) < 4.78 is 5.01. The second-order valence-corrected chi connectivity index (χ2v) is 3.38. The first-order valence-electron chi connectivity index (χ1n) is 4.96. The molecule has 76 valence electrons. The van der Waals surface area contributed by atoms with Gasteiger partial charge in [-0.1, -0.05) is 25.3 Å². The van der Waals surface area contributed by atoms with E-state index in [0.29, 0.717) is 13.0 Å². The van der Waals surface area contributed by atoms with E-state index in [4.69, 9.17) is 4.74 Å². The highest BCUT2D eigenvalue weighted by Crippen LogP contribution is 2.02. The quantitative estimate of drug-likeness (QED) is 0.345. The average molecular weight is 184 g/mol. The lowest BCUT2D eigenvalue weighted by atomic mass is 10.2. The fourth-order valence-electron chi connectivity index (χ4n) is 0.926. The monoisotopic (exact) mass is 184 g/mol. The second kappa shape index (κ2) is 7.84. The van der Waals surface area contributed by atoms with Crippen molar-refractivity contribution >= 4 is 5.97 Å². The summed E-state index contributed by atoms with van der Waals surface area (Å²) in [6, 6.07) is 0. The van der Waals surface area contributed by atoms with Crippen LogP contribution in [0, 0.1) is 0 Å². The Hall–Kier alpha value is -0.790. The Balaban J connectivity index is 3.25. The summed E-state index contributed by atoms with van der Waals surface area (Å²) in [5.74, 6) is -0.0981. The van der Waals surface area contributed by atoms with Crippen LogP contribution in [0.3, 0.4) is 0 Å². The summed E-state index contributed by atoms with van der Waals surface area (Å²) in [5.41, 5.74) is 1.03. The van der Waals surface area contributed by atoms with Gasteiger partial charge in [0.05, 0.1) is 6.61 Å². The molecule has 0 heterocycles. The van der Waals surface area contributed by atoms with Crippen molar-refractivity contribution in [2.75, 3.05) is 6.61 Å². The zero-order chi connectivity index (χ0) is 10.1. The van der Waals surface area contributed by atoms with Crippen molar-refractivity contribution < 1.29 is 9.53 Å². The summed E-state index contributed by atoms with van der Waals surface area (Å²) in [6.45, 7) is 8.35. The number of carbonyl (C=O) groups is 1. The number of rotatable bonds is 7. The Kier molecular flexibility index (Phi) is 7.36. The van der Waals surface area contributed by atoms with E-state index in [0.717, 1.165) is 31.3 Å². The highest BCUT2D eigenvalue weighted by Gasteiger charge is 2.01. The Morgan fingerprint density at radius 1 is 1.31 bits per heavy atom. The maximum absolute atomic E-state index is 11.0. The zero-order valence-corrected chi connectivity index (χ0v) is 8.77. The summed E-state index contributed by atoms with van der Waals surface area (Å²) in [7, 11) is 0. The third-order valence-corrected chi connectivity index (χ3v) is 1.77. The molecule has 0 aliphatic rings. The zero-order valence-electron chi connectivity index (χ0n) is 8.77. The van der Waals surface area contributed by atoms with Crippen LogP contribution in [0.15, 0.2) is 12.2 Å². The van der Waals surface area contributed by atoms with E-state index < -0.39 is 0 Å². The van der Waals surface area contributed by atoms with E-state index in [1.807, 2.05) is 6.92 Å². The molecule has 0 unspecified atom stereocenters. The van der Waals surface area contributed by atoms with Crippen molar-refractivity contribution in [3.8, 4) is 0 Å². The van der Waals surface area contributed by atoms with Gasteiger partial charge in [0.25, 0.3) is 0 Å². The van der Waals surface area contributed by atoms with Crippen LogP contribution >= 0.6 is 0 Å². The SMILES string of the molecule is C=C(C)CCC(=O)OCCCCC. The number of hydrogen-bond donors (Lipinski definition) is 0. The van der Waals surface area contributed by atoms with Gasteiger partial charge in [-0.15, -0.1) is 6.58 Å². The Morgan fingerprint density at radius 2 is 2.00 bits per heavy atom. The molecule has 2 nitrogen and oxygen atoms in total. The van der Waals surface area contributed by atoms with Crippen LogP contribution in [0.25, 0.3) is 0 Å². The van der Waals surface area contributed by atoms with Gasteiger partial charge >= 0.3 is 5.97 Å². The van der Waals surface area contributed by atoms with Crippen molar-refractivity contribution in [3.63, 3.8) is 0 Å². The molecule has 0 aliphatic heterocycles.